The van der Waals surface area contributed by atoms with Crippen molar-refractivity contribution in [3.63, 3.8) is 0 Å². The summed E-state index contributed by atoms with van der Waals surface area (Å²) in [4.78, 5) is 4.08. The number of aromatic nitrogens is 1. The van der Waals surface area contributed by atoms with Crippen LogP contribution in [0.15, 0.2) is 35.1 Å². The number of fused-ring (bicyclic) bond motifs is 1. The molecule has 1 heterocycles. The Kier molecular flexibility index (Phi) is 2.84. The Balaban J connectivity index is 2.25. The van der Waals surface area contributed by atoms with Crippen LogP contribution in [0.4, 0.5) is 0 Å². The van der Waals surface area contributed by atoms with Gasteiger partial charge in [-0.15, -0.1) is 11.6 Å². The first-order chi connectivity index (χ1) is 6.90. The summed E-state index contributed by atoms with van der Waals surface area (Å²) in [5.41, 5.74) is 2.83. The highest BCUT2D eigenvalue weighted by Gasteiger charge is 1.96. The van der Waals surface area contributed by atoms with E-state index in [2.05, 4.69) is 4.98 Å². The summed E-state index contributed by atoms with van der Waals surface area (Å²) in [6.45, 7) is 0. The SMILES string of the molecule is ClCCC=Cc1ccc2ocnc2c1. The molecular weight excluding hydrogens is 198 g/mol. The van der Waals surface area contributed by atoms with Gasteiger partial charge in [0.1, 0.15) is 5.52 Å². The lowest BCUT2D eigenvalue weighted by Crippen LogP contribution is -1.73. The Morgan fingerprint density at radius 1 is 1.43 bits per heavy atom. The van der Waals surface area contributed by atoms with Gasteiger partial charge in [0, 0.05) is 5.88 Å². The third kappa shape index (κ3) is 1.96. The number of alkyl halides is 1. The minimum absolute atomic E-state index is 0.655. The second-order valence-corrected chi connectivity index (χ2v) is 3.34. The molecule has 3 heteroatoms. The molecule has 1 aromatic carbocycles. The molecule has 72 valence electrons. The molecule has 0 aliphatic rings. The van der Waals surface area contributed by atoms with Crippen LogP contribution in [0.25, 0.3) is 17.2 Å². The topological polar surface area (TPSA) is 26.0 Å². The maximum Gasteiger partial charge on any atom is 0.181 e. The van der Waals surface area contributed by atoms with Crippen LogP contribution in [0.2, 0.25) is 0 Å². The van der Waals surface area contributed by atoms with Gasteiger partial charge in [0.15, 0.2) is 12.0 Å². The molecule has 14 heavy (non-hydrogen) atoms. The normalized spacial score (nSPS) is 11.5. The number of halogens is 1. The summed E-state index contributed by atoms with van der Waals surface area (Å²) in [6.07, 6.45) is 6.43. The predicted molar refractivity (Wildman–Crippen MR) is 58.4 cm³/mol. The van der Waals surface area contributed by atoms with Gasteiger partial charge < -0.3 is 4.42 Å². The van der Waals surface area contributed by atoms with Crippen LogP contribution in [-0.2, 0) is 0 Å². The standard InChI is InChI=1S/C11H10ClNO/c12-6-2-1-3-9-4-5-11-10(7-9)13-8-14-11/h1,3-5,7-8H,2,6H2. The largest absolute Gasteiger partial charge is 0.443 e. The number of rotatable bonds is 3. The molecule has 0 saturated heterocycles. The van der Waals surface area contributed by atoms with Crippen LogP contribution in [0, 0.1) is 0 Å². The summed E-state index contributed by atoms with van der Waals surface area (Å²) in [7, 11) is 0. The molecule has 0 saturated carbocycles. The average Bonchev–Trinajstić information content (AvgIpc) is 2.65. The predicted octanol–water partition coefficient (Wildman–Crippen LogP) is 3.47. The molecule has 0 N–H and O–H groups in total. The summed E-state index contributed by atoms with van der Waals surface area (Å²) < 4.78 is 5.14. The molecule has 0 unspecified atom stereocenters. The van der Waals surface area contributed by atoms with Gasteiger partial charge in [-0.1, -0.05) is 18.2 Å². The van der Waals surface area contributed by atoms with Crippen molar-refractivity contribution in [1.29, 1.82) is 0 Å². The molecule has 0 aliphatic heterocycles. The lowest BCUT2D eigenvalue weighted by molar-refractivity contribution is 0.602. The van der Waals surface area contributed by atoms with Crippen molar-refractivity contribution in [2.75, 3.05) is 5.88 Å². The quantitative estimate of drug-likeness (QED) is 0.721. The van der Waals surface area contributed by atoms with E-state index in [1.54, 1.807) is 0 Å². The van der Waals surface area contributed by atoms with Gasteiger partial charge in [0.25, 0.3) is 0 Å². The zero-order chi connectivity index (χ0) is 9.80. The molecule has 0 amide bonds. The van der Waals surface area contributed by atoms with E-state index in [1.165, 1.54) is 6.39 Å². The summed E-state index contributed by atoms with van der Waals surface area (Å²) in [5.74, 6) is 0.655. The first-order valence-electron chi connectivity index (χ1n) is 4.46. The smallest absolute Gasteiger partial charge is 0.181 e. The van der Waals surface area contributed by atoms with Crippen molar-refractivity contribution in [3.8, 4) is 0 Å². The van der Waals surface area contributed by atoms with E-state index >= 15 is 0 Å². The lowest BCUT2D eigenvalue weighted by atomic mass is 10.2. The van der Waals surface area contributed by atoms with E-state index < -0.39 is 0 Å². The first-order valence-corrected chi connectivity index (χ1v) is 4.99. The number of hydrogen-bond acceptors (Lipinski definition) is 2. The fourth-order valence-electron chi connectivity index (χ4n) is 1.26. The Hall–Kier alpha value is -1.28. The van der Waals surface area contributed by atoms with Crippen molar-refractivity contribution in [1.82, 2.24) is 4.98 Å². The number of hydrogen-bond donors (Lipinski definition) is 0. The molecule has 2 aromatic rings. The highest BCUT2D eigenvalue weighted by atomic mass is 35.5. The molecule has 0 spiro atoms. The van der Waals surface area contributed by atoms with Crippen molar-refractivity contribution in [2.24, 2.45) is 0 Å². The summed E-state index contributed by atoms with van der Waals surface area (Å²) in [6, 6.07) is 5.91. The molecule has 0 bridgehead atoms. The molecular formula is C11H10ClNO. The van der Waals surface area contributed by atoms with E-state index in [0.717, 1.165) is 23.1 Å². The highest BCUT2D eigenvalue weighted by Crippen LogP contribution is 2.15. The van der Waals surface area contributed by atoms with Crippen LogP contribution in [0.3, 0.4) is 0 Å². The Bertz CT molecular complexity index is 447. The maximum atomic E-state index is 5.57. The van der Waals surface area contributed by atoms with Gasteiger partial charge in [-0.25, -0.2) is 4.98 Å². The number of nitrogens with zero attached hydrogens (tertiary/aromatic N) is 1. The van der Waals surface area contributed by atoms with Gasteiger partial charge >= 0.3 is 0 Å². The van der Waals surface area contributed by atoms with Crippen molar-refractivity contribution >= 4 is 28.8 Å². The van der Waals surface area contributed by atoms with Crippen LogP contribution in [-0.4, -0.2) is 10.9 Å². The molecule has 1 aromatic heterocycles. The fraction of sp³-hybridized carbons (Fsp3) is 0.182. The Morgan fingerprint density at radius 3 is 3.21 bits per heavy atom. The minimum Gasteiger partial charge on any atom is -0.443 e. The van der Waals surface area contributed by atoms with Crippen molar-refractivity contribution in [2.45, 2.75) is 6.42 Å². The zero-order valence-corrected chi connectivity index (χ0v) is 8.37. The lowest BCUT2D eigenvalue weighted by Gasteiger charge is -1.91. The van der Waals surface area contributed by atoms with Gasteiger partial charge in [0.2, 0.25) is 0 Å². The van der Waals surface area contributed by atoms with E-state index in [-0.39, 0.29) is 0 Å². The van der Waals surface area contributed by atoms with Crippen LogP contribution < -0.4 is 0 Å². The van der Waals surface area contributed by atoms with E-state index in [0.29, 0.717) is 5.88 Å². The molecule has 0 fully saturated rings. The third-order valence-electron chi connectivity index (χ3n) is 1.94. The molecule has 2 rings (SSSR count). The zero-order valence-electron chi connectivity index (χ0n) is 7.61. The third-order valence-corrected chi connectivity index (χ3v) is 2.16. The van der Waals surface area contributed by atoms with Crippen LogP contribution in [0.5, 0.6) is 0 Å². The van der Waals surface area contributed by atoms with Gasteiger partial charge in [-0.2, -0.15) is 0 Å². The number of allylic oxidation sites excluding steroid dienone is 1. The monoisotopic (exact) mass is 207 g/mol. The Labute approximate surface area is 87.2 Å². The highest BCUT2D eigenvalue weighted by molar-refractivity contribution is 6.17. The number of benzene rings is 1. The van der Waals surface area contributed by atoms with Gasteiger partial charge in [-0.3, -0.25) is 0 Å². The average molecular weight is 208 g/mol. The fourth-order valence-corrected chi connectivity index (χ4v) is 1.39. The van der Waals surface area contributed by atoms with E-state index in [9.17, 15) is 0 Å². The number of oxazole rings is 1. The van der Waals surface area contributed by atoms with Crippen molar-refractivity contribution in [3.05, 3.63) is 36.2 Å². The van der Waals surface area contributed by atoms with Crippen molar-refractivity contribution < 1.29 is 4.42 Å². The second-order valence-electron chi connectivity index (χ2n) is 2.96. The van der Waals surface area contributed by atoms with Gasteiger partial charge in [-0.05, 0) is 24.1 Å². The second kappa shape index (κ2) is 4.29. The first kappa shape index (κ1) is 9.28. The summed E-state index contributed by atoms with van der Waals surface area (Å²) >= 11 is 5.57. The summed E-state index contributed by atoms with van der Waals surface area (Å²) in [5, 5.41) is 0. The van der Waals surface area contributed by atoms with Gasteiger partial charge in [0.05, 0.1) is 0 Å². The van der Waals surface area contributed by atoms with Crippen LogP contribution in [0.1, 0.15) is 12.0 Å². The van der Waals surface area contributed by atoms with E-state index in [1.807, 2.05) is 30.4 Å². The molecule has 2 nitrogen and oxygen atoms in total. The van der Waals surface area contributed by atoms with Crippen LogP contribution >= 0.6 is 11.6 Å². The Morgan fingerprint density at radius 2 is 2.36 bits per heavy atom. The molecule has 0 aliphatic carbocycles. The maximum absolute atomic E-state index is 5.57. The molecule has 0 atom stereocenters. The van der Waals surface area contributed by atoms with E-state index in [4.69, 9.17) is 16.0 Å². The molecule has 0 radical (unpaired) electrons. The minimum atomic E-state index is 0.655.